The zero-order valence-electron chi connectivity index (χ0n) is 10.8. The SMILES string of the molecule is CNCC(C)(C)CN1CCS(=O)(=O)CC1C. The van der Waals surface area contributed by atoms with E-state index < -0.39 is 9.84 Å². The first-order valence-electron chi connectivity index (χ1n) is 5.85. The van der Waals surface area contributed by atoms with Gasteiger partial charge in [-0.05, 0) is 19.4 Å². The average Bonchev–Trinajstić information content (AvgIpc) is 2.09. The van der Waals surface area contributed by atoms with Gasteiger partial charge in [-0.15, -0.1) is 0 Å². The summed E-state index contributed by atoms with van der Waals surface area (Å²) in [7, 11) is -0.840. The van der Waals surface area contributed by atoms with Crippen molar-refractivity contribution in [1.29, 1.82) is 0 Å². The van der Waals surface area contributed by atoms with Crippen LogP contribution in [0.2, 0.25) is 0 Å². The van der Waals surface area contributed by atoms with Crippen LogP contribution in [0.1, 0.15) is 20.8 Å². The van der Waals surface area contributed by atoms with Gasteiger partial charge in [0, 0.05) is 25.7 Å². The molecule has 0 aliphatic carbocycles. The van der Waals surface area contributed by atoms with E-state index in [0.29, 0.717) is 18.1 Å². The highest BCUT2D eigenvalue weighted by atomic mass is 32.2. The third-order valence-corrected chi connectivity index (χ3v) is 4.89. The number of rotatable bonds is 4. The molecule has 1 fully saturated rings. The van der Waals surface area contributed by atoms with Crippen molar-refractivity contribution in [3.63, 3.8) is 0 Å². The second-order valence-electron chi connectivity index (χ2n) is 5.63. The lowest BCUT2D eigenvalue weighted by Gasteiger charge is -2.38. The Labute approximate surface area is 99.3 Å². The highest BCUT2D eigenvalue weighted by Crippen LogP contribution is 2.20. The van der Waals surface area contributed by atoms with Crippen LogP contribution in [0.4, 0.5) is 0 Å². The van der Waals surface area contributed by atoms with Crippen LogP contribution in [0.15, 0.2) is 0 Å². The fraction of sp³-hybridized carbons (Fsp3) is 1.00. The normalized spacial score (nSPS) is 26.9. The molecule has 1 atom stereocenters. The summed E-state index contributed by atoms with van der Waals surface area (Å²) in [5, 5.41) is 3.18. The first-order valence-corrected chi connectivity index (χ1v) is 7.67. The largest absolute Gasteiger partial charge is 0.319 e. The monoisotopic (exact) mass is 248 g/mol. The molecule has 0 aromatic heterocycles. The first kappa shape index (κ1) is 13.9. The van der Waals surface area contributed by atoms with Crippen LogP contribution in [-0.2, 0) is 9.84 Å². The lowest BCUT2D eigenvalue weighted by molar-refractivity contribution is 0.147. The van der Waals surface area contributed by atoms with E-state index in [4.69, 9.17) is 0 Å². The molecule has 1 N–H and O–H groups in total. The lowest BCUT2D eigenvalue weighted by atomic mass is 9.92. The van der Waals surface area contributed by atoms with Crippen LogP contribution in [0.25, 0.3) is 0 Å². The van der Waals surface area contributed by atoms with E-state index in [9.17, 15) is 8.42 Å². The quantitative estimate of drug-likeness (QED) is 0.780. The summed E-state index contributed by atoms with van der Waals surface area (Å²) in [4.78, 5) is 2.29. The highest BCUT2D eigenvalue weighted by molar-refractivity contribution is 7.91. The van der Waals surface area contributed by atoms with Crippen molar-refractivity contribution in [2.24, 2.45) is 5.41 Å². The van der Waals surface area contributed by atoms with Gasteiger partial charge in [-0.3, -0.25) is 4.90 Å². The topological polar surface area (TPSA) is 49.4 Å². The summed E-state index contributed by atoms with van der Waals surface area (Å²) >= 11 is 0. The van der Waals surface area contributed by atoms with Crippen molar-refractivity contribution in [3.05, 3.63) is 0 Å². The molecule has 0 bridgehead atoms. The maximum absolute atomic E-state index is 11.5. The second kappa shape index (κ2) is 5.02. The van der Waals surface area contributed by atoms with Gasteiger partial charge in [0.1, 0.15) is 0 Å². The Kier molecular flexibility index (Phi) is 4.37. The van der Waals surface area contributed by atoms with Gasteiger partial charge in [0.05, 0.1) is 11.5 Å². The summed E-state index contributed by atoms with van der Waals surface area (Å²) in [6.45, 7) is 8.99. The van der Waals surface area contributed by atoms with Crippen LogP contribution >= 0.6 is 0 Å². The van der Waals surface area contributed by atoms with Gasteiger partial charge in [-0.1, -0.05) is 13.8 Å². The molecule has 1 aliphatic heterocycles. The molecule has 1 saturated heterocycles. The Morgan fingerprint density at radius 2 is 2.06 bits per heavy atom. The van der Waals surface area contributed by atoms with Gasteiger partial charge in [-0.25, -0.2) is 8.42 Å². The first-order chi connectivity index (χ1) is 7.26. The molecule has 0 spiro atoms. The van der Waals surface area contributed by atoms with Gasteiger partial charge in [-0.2, -0.15) is 0 Å². The van der Waals surface area contributed by atoms with Gasteiger partial charge in [0.25, 0.3) is 0 Å². The smallest absolute Gasteiger partial charge is 0.153 e. The molecular weight excluding hydrogens is 224 g/mol. The van der Waals surface area contributed by atoms with E-state index >= 15 is 0 Å². The van der Waals surface area contributed by atoms with Crippen molar-refractivity contribution in [1.82, 2.24) is 10.2 Å². The molecule has 0 aromatic carbocycles. The summed E-state index contributed by atoms with van der Waals surface area (Å²) in [5.41, 5.74) is 0.185. The summed E-state index contributed by atoms with van der Waals surface area (Å²) in [6, 6.07) is 0.148. The maximum Gasteiger partial charge on any atom is 0.153 e. The van der Waals surface area contributed by atoms with Crippen LogP contribution in [-0.4, -0.2) is 57.5 Å². The Morgan fingerprint density at radius 1 is 1.44 bits per heavy atom. The van der Waals surface area contributed by atoms with Crippen molar-refractivity contribution in [3.8, 4) is 0 Å². The number of hydrogen-bond donors (Lipinski definition) is 1. The van der Waals surface area contributed by atoms with Gasteiger partial charge in [0.2, 0.25) is 0 Å². The zero-order chi connectivity index (χ0) is 12.4. The van der Waals surface area contributed by atoms with E-state index in [1.165, 1.54) is 0 Å². The lowest BCUT2D eigenvalue weighted by Crippen LogP contribution is -2.51. The maximum atomic E-state index is 11.5. The van der Waals surface area contributed by atoms with Gasteiger partial charge >= 0.3 is 0 Å². The molecule has 0 radical (unpaired) electrons. The molecule has 16 heavy (non-hydrogen) atoms. The van der Waals surface area contributed by atoms with E-state index in [-0.39, 0.29) is 11.5 Å². The molecule has 1 aliphatic rings. The predicted octanol–water partition coefficient (Wildman–Crippen LogP) is 0.351. The van der Waals surface area contributed by atoms with Gasteiger partial charge in [0.15, 0.2) is 9.84 Å². The minimum atomic E-state index is -2.79. The third kappa shape index (κ3) is 4.03. The molecule has 1 heterocycles. The molecule has 4 nitrogen and oxygen atoms in total. The molecule has 96 valence electrons. The van der Waals surface area contributed by atoms with Crippen molar-refractivity contribution in [2.45, 2.75) is 26.8 Å². The number of nitrogens with one attached hydrogen (secondary N) is 1. The van der Waals surface area contributed by atoms with Crippen molar-refractivity contribution >= 4 is 9.84 Å². The van der Waals surface area contributed by atoms with Crippen LogP contribution < -0.4 is 5.32 Å². The molecule has 1 unspecified atom stereocenters. The summed E-state index contributed by atoms with van der Waals surface area (Å²) in [6.07, 6.45) is 0. The average molecular weight is 248 g/mol. The Morgan fingerprint density at radius 3 is 2.56 bits per heavy atom. The molecule has 5 heteroatoms. The van der Waals surface area contributed by atoms with E-state index in [1.54, 1.807) is 0 Å². The predicted molar refractivity (Wildman–Crippen MR) is 67.4 cm³/mol. The minimum Gasteiger partial charge on any atom is -0.319 e. The van der Waals surface area contributed by atoms with Gasteiger partial charge < -0.3 is 5.32 Å². The van der Waals surface area contributed by atoms with Crippen LogP contribution in [0, 0.1) is 5.41 Å². The summed E-state index contributed by atoms with van der Waals surface area (Å²) < 4.78 is 22.9. The Bertz CT molecular complexity index is 325. The fourth-order valence-electron chi connectivity index (χ4n) is 2.35. The second-order valence-corrected chi connectivity index (χ2v) is 7.86. The van der Waals surface area contributed by atoms with E-state index in [2.05, 4.69) is 24.1 Å². The summed E-state index contributed by atoms with van der Waals surface area (Å²) in [5.74, 6) is 0.621. The third-order valence-electron chi connectivity index (χ3n) is 3.09. The molecule has 0 saturated carbocycles. The van der Waals surface area contributed by atoms with E-state index in [1.807, 2.05) is 14.0 Å². The zero-order valence-corrected chi connectivity index (χ0v) is 11.6. The van der Waals surface area contributed by atoms with Crippen LogP contribution in [0.3, 0.4) is 0 Å². The molecule has 1 rings (SSSR count). The highest BCUT2D eigenvalue weighted by Gasteiger charge is 2.31. The minimum absolute atomic E-state index is 0.148. The number of hydrogen-bond acceptors (Lipinski definition) is 4. The number of sulfone groups is 1. The van der Waals surface area contributed by atoms with E-state index in [0.717, 1.165) is 13.1 Å². The van der Waals surface area contributed by atoms with Crippen molar-refractivity contribution < 1.29 is 8.42 Å². The van der Waals surface area contributed by atoms with Crippen molar-refractivity contribution in [2.75, 3.05) is 38.2 Å². The molecular formula is C11H24N2O2S. The molecule has 0 aromatic rings. The standard InChI is InChI=1S/C11H24N2O2S/c1-10-7-16(14,15)6-5-13(10)9-11(2,3)8-12-4/h10,12H,5-9H2,1-4H3. The number of nitrogens with zero attached hydrogens (tertiary/aromatic N) is 1. The van der Waals surface area contributed by atoms with Crippen LogP contribution in [0.5, 0.6) is 0 Å². The Hall–Kier alpha value is -0.130. The molecule has 0 amide bonds. The fourth-order valence-corrected chi connectivity index (χ4v) is 3.98. The Balaban J connectivity index is 2.57.